The second kappa shape index (κ2) is 9.30. The van der Waals surface area contributed by atoms with Gasteiger partial charge in [-0.15, -0.1) is 0 Å². The van der Waals surface area contributed by atoms with Crippen molar-refractivity contribution in [2.24, 2.45) is 15.7 Å². The maximum Gasteiger partial charge on any atom is 0.259 e. The molecule has 174 valence electrons. The molecule has 3 aliphatic rings. The number of piperazine rings is 1. The van der Waals surface area contributed by atoms with Crippen molar-refractivity contribution in [3.05, 3.63) is 60.2 Å². The highest BCUT2D eigenvalue weighted by Gasteiger charge is 2.42. The minimum atomic E-state index is -0.819. The Hall–Kier alpha value is -3.66. The summed E-state index contributed by atoms with van der Waals surface area (Å²) in [6.07, 6.45) is 0.000103. The third kappa shape index (κ3) is 4.28. The Balaban J connectivity index is 1.29. The topological polar surface area (TPSA) is 112 Å². The van der Waals surface area contributed by atoms with Gasteiger partial charge in [-0.3, -0.25) is 19.4 Å². The third-order valence-electron chi connectivity index (χ3n) is 6.01. The van der Waals surface area contributed by atoms with E-state index in [-0.39, 0.29) is 24.0 Å². The van der Waals surface area contributed by atoms with Crippen LogP contribution in [0.5, 0.6) is 0 Å². The van der Waals surface area contributed by atoms with Crippen molar-refractivity contribution < 1.29 is 14.4 Å². The zero-order chi connectivity index (χ0) is 23.7. The molecule has 5 rings (SSSR count). The number of amides is 3. The fourth-order valence-electron chi connectivity index (χ4n) is 4.31. The van der Waals surface area contributed by atoms with E-state index in [0.717, 1.165) is 36.1 Å². The molecule has 1 saturated heterocycles. The standard InChI is InChI=1S/C24H24N6O3S/c25-20(31)15-34-24-27-18-9-5-4-8-17(18)22-26-19(23(33)30(22)24)14-21(32)29-12-10-28(11-13-29)16-6-2-1-3-7-16/h1-9,19H,10-15H2,(H2,25,31)/t19-/m1/s1. The van der Waals surface area contributed by atoms with E-state index < -0.39 is 11.9 Å². The number of aliphatic imine (C=N–C) groups is 2. The molecule has 3 heterocycles. The summed E-state index contributed by atoms with van der Waals surface area (Å²) in [5, 5.41) is 0.354. The number of fused-ring (bicyclic) bond motifs is 3. The fourth-order valence-corrected chi connectivity index (χ4v) is 5.05. The Labute approximate surface area is 201 Å². The lowest BCUT2D eigenvalue weighted by molar-refractivity contribution is -0.135. The average Bonchev–Trinajstić information content (AvgIpc) is 3.19. The molecule has 0 bridgehead atoms. The largest absolute Gasteiger partial charge is 0.369 e. The SMILES string of the molecule is NC(=O)CSC1=Nc2ccccc2C2=N[C@H](CC(=O)N3CCN(c4ccccc4)CC3)C(=O)N12. The predicted octanol–water partition coefficient (Wildman–Crippen LogP) is 1.60. The summed E-state index contributed by atoms with van der Waals surface area (Å²) in [6, 6.07) is 16.7. The van der Waals surface area contributed by atoms with Crippen LogP contribution in [0.3, 0.4) is 0 Å². The van der Waals surface area contributed by atoms with Crippen LogP contribution in [0.1, 0.15) is 12.0 Å². The van der Waals surface area contributed by atoms with Gasteiger partial charge in [-0.2, -0.15) is 0 Å². The van der Waals surface area contributed by atoms with E-state index >= 15 is 0 Å². The van der Waals surface area contributed by atoms with Crippen LogP contribution in [0.15, 0.2) is 64.6 Å². The number of para-hydroxylation sites is 2. The molecule has 2 aromatic rings. The Morgan fingerprint density at radius 2 is 1.71 bits per heavy atom. The highest BCUT2D eigenvalue weighted by Crippen LogP contribution is 2.34. The van der Waals surface area contributed by atoms with Crippen LogP contribution in [0, 0.1) is 0 Å². The lowest BCUT2D eigenvalue weighted by Crippen LogP contribution is -2.49. The van der Waals surface area contributed by atoms with Gasteiger partial charge in [0.25, 0.3) is 5.91 Å². The van der Waals surface area contributed by atoms with E-state index in [1.165, 1.54) is 4.90 Å². The molecule has 9 nitrogen and oxygen atoms in total. The van der Waals surface area contributed by atoms with E-state index in [9.17, 15) is 14.4 Å². The normalized spacial score (nSPS) is 19.4. The van der Waals surface area contributed by atoms with Gasteiger partial charge in [0.05, 0.1) is 17.9 Å². The fraction of sp³-hybridized carbons (Fsp3) is 0.292. The van der Waals surface area contributed by atoms with Crippen molar-refractivity contribution in [2.45, 2.75) is 12.5 Å². The number of carbonyl (C=O) groups excluding carboxylic acids is 3. The van der Waals surface area contributed by atoms with E-state index in [1.807, 2.05) is 42.5 Å². The van der Waals surface area contributed by atoms with Gasteiger partial charge in [-0.25, -0.2) is 9.89 Å². The average molecular weight is 477 g/mol. The Kier molecular flexibility index (Phi) is 6.06. The van der Waals surface area contributed by atoms with Crippen LogP contribution >= 0.6 is 11.8 Å². The number of anilines is 1. The molecule has 2 aromatic carbocycles. The maximum atomic E-state index is 13.3. The first-order valence-corrected chi connectivity index (χ1v) is 12.1. The second-order valence-corrected chi connectivity index (χ2v) is 9.16. The summed E-state index contributed by atoms with van der Waals surface area (Å²) in [4.78, 5) is 52.3. The monoisotopic (exact) mass is 476 g/mol. The third-order valence-corrected chi connectivity index (χ3v) is 6.97. The first-order chi connectivity index (χ1) is 16.5. The number of carbonyl (C=O) groups is 3. The molecule has 10 heteroatoms. The van der Waals surface area contributed by atoms with Crippen LogP contribution in [-0.4, -0.2) is 76.5 Å². The molecule has 0 aromatic heterocycles. The van der Waals surface area contributed by atoms with Crippen molar-refractivity contribution in [1.82, 2.24) is 9.80 Å². The van der Waals surface area contributed by atoms with Crippen molar-refractivity contribution in [3.63, 3.8) is 0 Å². The highest BCUT2D eigenvalue weighted by molar-refractivity contribution is 8.14. The molecular weight excluding hydrogens is 452 g/mol. The van der Waals surface area contributed by atoms with Crippen molar-refractivity contribution in [3.8, 4) is 0 Å². The van der Waals surface area contributed by atoms with E-state index in [2.05, 4.69) is 27.0 Å². The predicted molar refractivity (Wildman–Crippen MR) is 132 cm³/mol. The van der Waals surface area contributed by atoms with Gasteiger partial charge in [-0.05, 0) is 24.3 Å². The minimum absolute atomic E-state index is 0.000103. The Morgan fingerprint density at radius 1 is 1.00 bits per heavy atom. The lowest BCUT2D eigenvalue weighted by Gasteiger charge is -2.36. The van der Waals surface area contributed by atoms with Gasteiger partial charge in [0.1, 0.15) is 11.9 Å². The second-order valence-electron chi connectivity index (χ2n) is 8.22. The zero-order valence-corrected chi connectivity index (χ0v) is 19.3. The molecule has 0 aliphatic carbocycles. The smallest absolute Gasteiger partial charge is 0.259 e. The number of nitrogens with zero attached hydrogens (tertiary/aromatic N) is 5. The quantitative estimate of drug-likeness (QED) is 0.705. The molecule has 0 spiro atoms. The summed E-state index contributed by atoms with van der Waals surface area (Å²) in [7, 11) is 0. The summed E-state index contributed by atoms with van der Waals surface area (Å²) in [5.74, 6) is -0.441. The molecule has 0 unspecified atom stereocenters. The van der Waals surface area contributed by atoms with E-state index in [4.69, 9.17) is 5.73 Å². The number of thioether (sulfide) groups is 1. The van der Waals surface area contributed by atoms with Gasteiger partial charge in [0, 0.05) is 37.4 Å². The molecule has 3 aliphatic heterocycles. The lowest BCUT2D eigenvalue weighted by atomic mass is 10.1. The number of hydrogen-bond acceptors (Lipinski definition) is 7. The summed E-state index contributed by atoms with van der Waals surface area (Å²) in [5.41, 5.74) is 7.83. The molecule has 3 amide bonds. The van der Waals surface area contributed by atoms with Crippen molar-refractivity contribution in [2.75, 3.05) is 36.8 Å². The maximum absolute atomic E-state index is 13.3. The number of amidine groups is 2. The van der Waals surface area contributed by atoms with Gasteiger partial charge in [-0.1, -0.05) is 42.1 Å². The molecular formula is C24H24N6O3S. The molecule has 0 radical (unpaired) electrons. The van der Waals surface area contributed by atoms with Crippen LogP contribution in [0.4, 0.5) is 11.4 Å². The van der Waals surface area contributed by atoms with Crippen LogP contribution in [0.2, 0.25) is 0 Å². The highest BCUT2D eigenvalue weighted by atomic mass is 32.2. The first-order valence-electron chi connectivity index (χ1n) is 11.1. The summed E-state index contributed by atoms with van der Waals surface area (Å²) in [6.45, 7) is 2.67. The van der Waals surface area contributed by atoms with Crippen LogP contribution < -0.4 is 10.6 Å². The van der Waals surface area contributed by atoms with Crippen LogP contribution in [0.25, 0.3) is 0 Å². The molecule has 2 N–H and O–H groups in total. The van der Waals surface area contributed by atoms with Crippen LogP contribution in [-0.2, 0) is 14.4 Å². The minimum Gasteiger partial charge on any atom is -0.369 e. The van der Waals surface area contributed by atoms with E-state index in [0.29, 0.717) is 29.8 Å². The number of benzene rings is 2. The van der Waals surface area contributed by atoms with Crippen molar-refractivity contribution in [1.29, 1.82) is 0 Å². The molecule has 1 fully saturated rings. The Morgan fingerprint density at radius 3 is 2.44 bits per heavy atom. The molecule has 0 saturated carbocycles. The van der Waals surface area contributed by atoms with Gasteiger partial charge < -0.3 is 15.5 Å². The number of hydrogen-bond donors (Lipinski definition) is 1. The first kappa shape index (κ1) is 22.1. The number of rotatable bonds is 5. The zero-order valence-electron chi connectivity index (χ0n) is 18.5. The van der Waals surface area contributed by atoms with E-state index in [1.54, 1.807) is 4.90 Å². The Bertz CT molecular complexity index is 1190. The van der Waals surface area contributed by atoms with Gasteiger partial charge in [0.2, 0.25) is 11.8 Å². The number of primary amides is 1. The van der Waals surface area contributed by atoms with Gasteiger partial charge in [0.15, 0.2) is 5.17 Å². The molecule has 1 atom stereocenters. The van der Waals surface area contributed by atoms with Gasteiger partial charge >= 0.3 is 0 Å². The van der Waals surface area contributed by atoms with Crippen molar-refractivity contribution >= 4 is 51.9 Å². The summed E-state index contributed by atoms with van der Waals surface area (Å²) < 4.78 is 0. The molecule has 34 heavy (non-hydrogen) atoms. The number of nitrogens with two attached hydrogens (primary N) is 1. The summed E-state index contributed by atoms with van der Waals surface area (Å²) >= 11 is 1.10.